The van der Waals surface area contributed by atoms with Crippen LogP contribution in [0.2, 0.25) is 0 Å². The van der Waals surface area contributed by atoms with Crippen LogP contribution in [0.3, 0.4) is 0 Å². The molecule has 3 aromatic carbocycles. The van der Waals surface area contributed by atoms with E-state index >= 15 is 0 Å². The molecule has 4 rings (SSSR count). The molecule has 3 aromatic rings. The Balaban J connectivity index is 1.79. The fraction of sp³-hybridized carbons (Fsp3) is 0.0435. The van der Waals surface area contributed by atoms with Crippen molar-refractivity contribution in [2.45, 2.75) is 4.90 Å². The molecule has 144 valence electrons. The quantitative estimate of drug-likeness (QED) is 0.566. The zero-order chi connectivity index (χ0) is 20.4. The van der Waals surface area contributed by atoms with Crippen molar-refractivity contribution in [1.82, 2.24) is 0 Å². The van der Waals surface area contributed by atoms with E-state index in [1.807, 2.05) is 30.3 Å². The number of benzene rings is 3. The number of nitrogens with zero attached hydrogens (tertiary/aromatic N) is 1. The van der Waals surface area contributed by atoms with E-state index < -0.39 is 17.6 Å². The summed E-state index contributed by atoms with van der Waals surface area (Å²) >= 11 is 1.23. The van der Waals surface area contributed by atoms with Crippen LogP contribution in [0.25, 0.3) is 5.57 Å². The summed E-state index contributed by atoms with van der Waals surface area (Å²) in [5, 5.41) is 0. The molecule has 1 aliphatic rings. The van der Waals surface area contributed by atoms with E-state index in [1.54, 1.807) is 31.4 Å². The summed E-state index contributed by atoms with van der Waals surface area (Å²) in [6.07, 6.45) is 0. The maximum Gasteiger partial charge on any atom is 0.272 e. The van der Waals surface area contributed by atoms with Crippen molar-refractivity contribution in [3.05, 3.63) is 95.1 Å². The Labute approximate surface area is 171 Å². The van der Waals surface area contributed by atoms with Crippen LogP contribution in [0.15, 0.2) is 88.7 Å². The molecule has 0 saturated heterocycles. The lowest BCUT2D eigenvalue weighted by Crippen LogP contribution is -2.31. The summed E-state index contributed by atoms with van der Waals surface area (Å²) in [4.78, 5) is 28.8. The Bertz CT molecular complexity index is 1090. The third-order valence-electron chi connectivity index (χ3n) is 4.47. The van der Waals surface area contributed by atoms with Crippen LogP contribution in [0.4, 0.5) is 10.1 Å². The van der Waals surface area contributed by atoms with Gasteiger partial charge in [0.1, 0.15) is 11.6 Å². The molecule has 0 N–H and O–H groups in total. The molecule has 0 spiro atoms. The molecule has 2 amide bonds. The first-order valence-corrected chi connectivity index (χ1v) is 9.66. The van der Waals surface area contributed by atoms with Gasteiger partial charge in [-0.2, -0.15) is 0 Å². The number of rotatable bonds is 5. The minimum absolute atomic E-state index is 0.264. The predicted molar refractivity (Wildman–Crippen MR) is 111 cm³/mol. The molecule has 4 nitrogen and oxygen atoms in total. The van der Waals surface area contributed by atoms with Gasteiger partial charge >= 0.3 is 0 Å². The first kappa shape index (κ1) is 19.0. The molecule has 0 unspecified atom stereocenters. The largest absolute Gasteiger partial charge is 0.497 e. The Morgan fingerprint density at radius 1 is 0.828 bits per heavy atom. The Morgan fingerprint density at radius 3 is 2.10 bits per heavy atom. The highest BCUT2D eigenvalue weighted by atomic mass is 32.2. The summed E-state index contributed by atoms with van der Waals surface area (Å²) in [5.41, 5.74) is 1.21. The minimum atomic E-state index is -0.440. The monoisotopic (exact) mass is 405 g/mol. The van der Waals surface area contributed by atoms with Crippen LogP contribution in [0, 0.1) is 5.82 Å². The second kappa shape index (κ2) is 7.93. The highest BCUT2D eigenvalue weighted by Gasteiger charge is 2.40. The molecule has 0 fully saturated rings. The van der Waals surface area contributed by atoms with Gasteiger partial charge in [-0.3, -0.25) is 9.59 Å². The van der Waals surface area contributed by atoms with E-state index in [0.29, 0.717) is 21.9 Å². The lowest BCUT2D eigenvalue weighted by molar-refractivity contribution is -0.119. The van der Waals surface area contributed by atoms with Gasteiger partial charge in [0.05, 0.1) is 23.3 Å². The average Bonchev–Trinajstić information content (AvgIpc) is 2.99. The van der Waals surface area contributed by atoms with E-state index in [9.17, 15) is 14.0 Å². The van der Waals surface area contributed by atoms with Gasteiger partial charge in [0.2, 0.25) is 0 Å². The lowest BCUT2D eigenvalue weighted by atomic mass is 10.1. The zero-order valence-electron chi connectivity index (χ0n) is 15.5. The molecule has 29 heavy (non-hydrogen) atoms. The van der Waals surface area contributed by atoms with Gasteiger partial charge in [-0.25, -0.2) is 9.29 Å². The number of methoxy groups -OCH3 is 1. The van der Waals surface area contributed by atoms with Crippen LogP contribution in [-0.4, -0.2) is 18.9 Å². The smallest absolute Gasteiger partial charge is 0.272 e. The SMILES string of the molecule is COc1ccc(N2C(=O)C(Sc3ccccc3)=C(c3ccc(F)cc3)C2=O)cc1. The maximum atomic E-state index is 13.4. The van der Waals surface area contributed by atoms with Crippen molar-refractivity contribution in [3.8, 4) is 5.75 Å². The van der Waals surface area contributed by atoms with Gasteiger partial charge in [-0.1, -0.05) is 42.1 Å². The maximum absolute atomic E-state index is 13.4. The van der Waals surface area contributed by atoms with Crippen molar-refractivity contribution < 1.29 is 18.7 Å². The number of amides is 2. The van der Waals surface area contributed by atoms with Crippen molar-refractivity contribution in [3.63, 3.8) is 0 Å². The second-order valence-corrected chi connectivity index (χ2v) is 7.35. The number of carbonyl (C=O) groups is 2. The molecule has 1 heterocycles. The van der Waals surface area contributed by atoms with Crippen LogP contribution in [0.5, 0.6) is 5.75 Å². The molecule has 1 aliphatic heterocycles. The molecule has 0 radical (unpaired) electrons. The number of carbonyl (C=O) groups excluding carboxylic acids is 2. The van der Waals surface area contributed by atoms with E-state index in [0.717, 1.165) is 9.80 Å². The van der Waals surface area contributed by atoms with Gasteiger partial charge in [0, 0.05) is 4.90 Å². The van der Waals surface area contributed by atoms with Gasteiger partial charge in [0.25, 0.3) is 11.8 Å². The normalized spacial score (nSPS) is 13.9. The lowest BCUT2D eigenvalue weighted by Gasteiger charge is -2.15. The van der Waals surface area contributed by atoms with E-state index in [2.05, 4.69) is 0 Å². The van der Waals surface area contributed by atoms with Crippen LogP contribution in [-0.2, 0) is 9.59 Å². The standard InChI is InChI=1S/C23H16FNO3S/c1-28-18-13-11-17(12-14-18)25-22(26)20(15-7-9-16(24)10-8-15)21(23(25)27)29-19-5-3-2-4-6-19/h2-14H,1H3. The van der Waals surface area contributed by atoms with Crippen molar-refractivity contribution in [1.29, 1.82) is 0 Å². The van der Waals surface area contributed by atoms with E-state index in [4.69, 9.17) is 4.74 Å². The van der Waals surface area contributed by atoms with Crippen LogP contribution in [0.1, 0.15) is 5.56 Å². The van der Waals surface area contributed by atoms with Crippen molar-refractivity contribution in [2.75, 3.05) is 12.0 Å². The third kappa shape index (κ3) is 3.67. The molecular weight excluding hydrogens is 389 g/mol. The van der Waals surface area contributed by atoms with E-state index in [-0.39, 0.29) is 5.57 Å². The third-order valence-corrected chi connectivity index (χ3v) is 5.56. The zero-order valence-corrected chi connectivity index (χ0v) is 16.3. The number of anilines is 1. The fourth-order valence-electron chi connectivity index (χ4n) is 3.05. The Morgan fingerprint density at radius 2 is 1.48 bits per heavy atom. The van der Waals surface area contributed by atoms with E-state index in [1.165, 1.54) is 36.0 Å². The predicted octanol–water partition coefficient (Wildman–Crippen LogP) is 4.91. The number of imide groups is 1. The number of ether oxygens (including phenoxy) is 1. The number of hydrogen-bond acceptors (Lipinski definition) is 4. The first-order valence-electron chi connectivity index (χ1n) is 8.84. The molecule has 6 heteroatoms. The Kier molecular flexibility index (Phi) is 5.18. The molecule has 0 aromatic heterocycles. The summed E-state index contributed by atoms with van der Waals surface area (Å²) in [6, 6.07) is 21.6. The summed E-state index contributed by atoms with van der Waals surface area (Å²) in [5.74, 6) is -0.632. The number of thioether (sulfide) groups is 1. The molecule has 0 aliphatic carbocycles. The molecule has 0 bridgehead atoms. The number of halogens is 1. The van der Waals surface area contributed by atoms with Crippen molar-refractivity contribution >= 4 is 34.8 Å². The molecular formula is C23H16FNO3S. The highest BCUT2D eigenvalue weighted by Crippen LogP contribution is 2.41. The first-order chi connectivity index (χ1) is 14.1. The highest BCUT2D eigenvalue weighted by molar-refractivity contribution is 8.04. The van der Waals surface area contributed by atoms with Gasteiger partial charge in [-0.15, -0.1) is 0 Å². The van der Waals surface area contributed by atoms with Crippen molar-refractivity contribution in [2.24, 2.45) is 0 Å². The second-order valence-electron chi connectivity index (χ2n) is 6.27. The molecule has 0 saturated carbocycles. The van der Waals surface area contributed by atoms with Gasteiger partial charge in [0.15, 0.2) is 0 Å². The van der Waals surface area contributed by atoms with Gasteiger partial charge in [-0.05, 0) is 54.1 Å². The van der Waals surface area contributed by atoms with Crippen LogP contribution >= 0.6 is 11.8 Å². The minimum Gasteiger partial charge on any atom is -0.497 e. The Hall–Kier alpha value is -3.38. The topological polar surface area (TPSA) is 46.6 Å². The summed E-state index contributed by atoms with van der Waals surface area (Å²) in [6.45, 7) is 0. The fourth-order valence-corrected chi connectivity index (χ4v) is 4.06. The van der Waals surface area contributed by atoms with Crippen LogP contribution < -0.4 is 9.64 Å². The average molecular weight is 405 g/mol. The summed E-state index contributed by atoms with van der Waals surface area (Å²) in [7, 11) is 1.55. The van der Waals surface area contributed by atoms with Gasteiger partial charge < -0.3 is 4.74 Å². The number of hydrogen-bond donors (Lipinski definition) is 0. The molecule has 0 atom stereocenters. The summed E-state index contributed by atoms with van der Waals surface area (Å²) < 4.78 is 18.6.